The molecule has 7 heteroatoms. The van der Waals surface area contributed by atoms with Crippen molar-refractivity contribution in [2.45, 2.75) is 51.7 Å². The number of ether oxygens (including phenoxy) is 2. The molecule has 1 saturated heterocycles. The van der Waals surface area contributed by atoms with Crippen LogP contribution in [0.1, 0.15) is 50.4 Å². The summed E-state index contributed by atoms with van der Waals surface area (Å²) in [6.07, 6.45) is 1.03. The van der Waals surface area contributed by atoms with Crippen LogP contribution in [0.4, 0.5) is 9.18 Å². The van der Waals surface area contributed by atoms with Crippen LogP contribution in [0.15, 0.2) is 24.3 Å². The number of amides is 1. The maximum Gasteiger partial charge on any atom is 0.410 e. The maximum absolute atomic E-state index is 12.9. The average molecular weight is 365 g/mol. The van der Waals surface area contributed by atoms with E-state index in [0.29, 0.717) is 13.0 Å². The molecule has 1 amide bonds. The number of hydrogen-bond donors (Lipinski definition) is 0. The van der Waals surface area contributed by atoms with Crippen molar-refractivity contribution in [2.75, 3.05) is 13.2 Å². The third-order valence-corrected chi connectivity index (χ3v) is 3.94. The van der Waals surface area contributed by atoms with Gasteiger partial charge >= 0.3 is 12.1 Å². The van der Waals surface area contributed by atoms with Crippen molar-refractivity contribution in [2.24, 2.45) is 0 Å². The number of ketones is 1. The molecule has 0 N–H and O–H groups in total. The molecule has 1 aliphatic rings. The van der Waals surface area contributed by atoms with E-state index in [9.17, 15) is 18.8 Å². The number of carbonyl (C=O) groups excluding carboxylic acids is 3. The molecular weight excluding hydrogens is 341 g/mol. The monoisotopic (exact) mass is 365 g/mol. The summed E-state index contributed by atoms with van der Waals surface area (Å²) in [5.41, 5.74) is -0.331. The lowest BCUT2D eigenvalue weighted by molar-refractivity contribution is -0.143. The summed E-state index contributed by atoms with van der Waals surface area (Å²) < 4.78 is 23.2. The molecule has 142 valence electrons. The van der Waals surface area contributed by atoms with Gasteiger partial charge in [-0.05, 0) is 57.9 Å². The summed E-state index contributed by atoms with van der Waals surface area (Å²) in [5.74, 6) is -1.41. The number of esters is 1. The Kier molecular flexibility index (Phi) is 6.34. The van der Waals surface area contributed by atoms with Gasteiger partial charge in [-0.1, -0.05) is 0 Å². The van der Waals surface area contributed by atoms with Gasteiger partial charge in [-0.3, -0.25) is 9.59 Å². The summed E-state index contributed by atoms with van der Waals surface area (Å²) in [4.78, 5) is 37.7. The van der Waals surface area contributed by atoms with Gasteiger partial charge in [0.1, 0.15) is 11.4 Å². The summed E-state index contributed by atoms with van der Waals surface area (Å²) in [6, 6.07) is 4.73. The fourth-order valence-corrected chi connectivity index (χ4v) is 2.73. The highest BCUT2D eigenvalue weighted by molar-refractivity contribution is 5.97. The van der Waals surface area contributed by atoms with Gasteiger partial charge in [0.05, 0.1) is 6.42 Å². The predicted molar refractivity (Wildman–Crippen MR) is 92.3 cm³/mol. The van der Waals surface area contributed by atoms with Crippen molar-refractivity contribution >= 4 is 17.8 Å². The van der Waals surface area contributed by atoms with E-state index in [-0.39, 0.29) is 18.0 Å². The number of Topliss-reactive ketones (excluding diaryl/α,β-unsaturated/α-hetero) is 1. The number of carbonyl (C=O) groups is 3. The lowest BCUT2D eigenvalue weighted by Gasteiger charge is -2.28. The van der Waals surface area contributed by atoms with E-state index >= 15 is 0 Å². The largest absolute Gasteiger partial charge is 0.457 e. The Morgan fingerprint density at radius 2 is 1.85 bits per heavy atom. The Hall–Kier alpha value is -2.44. The minimum absolute atomic E-state index is 0.00986. The van der Waals surface area contributed by atoms with Crippen LogP contribution in [0.5, 0.6) is 0 Å². The lowest BCUT2D eigenvalue weighted by atomic mass is 10.1. The van der Waals surface area contributed by atoms with Gasteiger partial charge in [0.25, 0.3) is 0 Å². The Balaban J connectivity index is 1.83. The van der Waals surface area contributed by atoms with Crippen molar-refractivity contribution < 1.29 is 28.2 Å². The van der Waals surface area contributed by atoms with Crippen LogP contribution >= 0.6 is 0 Å². The summed E-state index contributed by atoms with van der Waals surface area (Å²) >= 11 is 0. The van der Waals surface area contributed by atoms with Crippen LogP contribution in [-0.4, -0.2) is 47.5 Å². The standard InChI is InChI=1S/C19H24FNO5/c1-19(2,3)26-18(24)21-10-4-5-15(21)11-17(23)25-12-16(22)13-6-8-14(20)9-7-13/h6-9,15H,4-5,10-12H2,1-3H3/t15-/m0/s1. The molecule has 1 atom stereocenters. The molecule has 0 aromatic heterocycles. The Morgan fingerprint density at radius 3 is 2.46 bits per heavy atom. The zero-order valence-electron chi connectivity index (χ0n) is 15.3. The Bertz CT molecular complexity index is 666. The SMILES string of the molecule is CC(C)(C)OC(=O)N1CCC[C@H]1CC(=O)OCC(=O)c1ccc(F)cc1. The lowest BCUT2D eigenvalue weighted by Crippen LogP contribution is -2.40. The van der Waals surface area contributed by atoms with Gasteiger partial charge in [0, 0.05) is 18.2 Å². The molecule has 0 bridgehead atoms. The normalized spacial score (nSPS) is 17.1. The van der Waals surface area contributed by atoms with E-state index in [0.717, 1.165) is 6.42 Å². The number of hydrogen-bond acceptors (Lipinski definition) is 5. The van der Waals surface area contributed by atoms with Crippen LogP contribution in [0.3, 0.4) is 0 Å². The molecule has 0 unspecified atom stereocenters. The molecule has 26 heavy (non-hydrogen) atoms. The van der Waals surface area contributed by atoms with Gasteiger partial charge in [-0.25, -0.2) is 9.18 Å². The van der Waals surface area contributed by atoms with Crippen LogP contribution in [-0.2, 0) is 14.3 Å². The number of likely N-dealkylation sites (tertiary alicyclic amines) is 1. The topological polar surface area (TPSA) is 72.9 Å². The van der Waals surface area contributed by atoms with E-state index < -0.39 is 35.9 Å². The van der Waals surface area contributed by atoms with Crippen molar-refractivity contribution in [3.05, 3.63) is 35.6 Å². The molecule has 0 spiro atoms. The Morgan fingerprint density at radius 1 is 1.19 bits per heavy atom. The highest BCUT2D eigenvalue weighted by atomic mass is 19.1. The van der Waals surface area contributed by atoms with Gasteiger partial charge < -0.3 is 14.4 Å². The molecule has 2 rings (SSSR count). The number of rotatable bonds is 5. The summed E-state index contributed by atoms with van der Waals surface area (Å²) in [7, 11) is 0. The van der Waals surface area contributed by atoms with Crippen LogP contribution in [0.25, 0.3) is 0 Å². The quantitative estimate of drug-likeness (QED) is 0.591. The molecule has 1 aromatic rings. The zero-order valence-corrected chi connectivity index (χ0v) is 15.3. The first-order chi connectivity index (χ1) is 12.2. The molecule has 1 fully saturated rings. The molecule has 0 aliphatic carbocycles. The van der Waals surface area contributed by atoms with Gasteiger partial charge in [-0.2, -0.15) is 0 Å². The number of nitrogens with zero attached hydrogens (tertiary/aromatic N) is 1. The second-order valence-corrected chi connectivity index (χ2v) is 7.26. The van der Waals surface area contributed by atoms with Gasteiger partial charge in [0.2, 0.25) is 0 Å². The molecule has 0 radical (unpaired) electrons. The van der Waals surface area contributed by atoms with E-state index in [4.69, 9.17) is 9.47 Å². The van der Waals surface area contributed by atoms with Gasteiger partial charge in [-0.15, -0.1) is 0 Å². The number of halogens is 1. The Labute approximate surface area is 152 Å². The highest BCUT2D eigenvalue weighted by Crippen LogP contribution is 2.23. The fraction of sp³-hybridized carbons (Fsp3) is 0.526. The minimum atomic E-state index is -0.605. The average Bonchev–Trinajstić information content (AvgIpc) is 3.00. The fourth-order valence-electron chi connectivity index (χ4n) is 2.73. The molecule has 6 nitrogen and oxygen atoms in total. The van der Waals surface area contributed by atoms with Gasteiger partial charge in [0.15, 0.2) is 12.4 Å². The van der Waals surface area contributed by atoms with Crippen molar-refractivity contribution in [1.82, 2.24) is 4.90 Å². The van der Waals surface area contributed by atoms with Crippen LogP contribution < -0.4 is 0 Å². The first kappa shape index (κ1) is 19.9. The predicted octanol–water partition coefficient (Wildman–Crippen LogP) is 3.34. The first-order valence-electron chi connectivity index (χ1n) is 8.60. The highest BCUT2D eigenvalue weighted by Gasteiger charge is 2.33. The second-order valence-electron chi connectivity index (χ2n) is 7.26. The van der Waals surface area contributed by atoms with Crippen molar-refractivity contribution in [3.8, 4) is 0 Å². The van der Waals surface area contributed by atoms with E-state index in [1.807, 2.05) is 0 Å². The van der Waals surface area contributed by atoms with Crippen LogP contribution in [0.2, 0.25) is 0 Å². The second kappa shape index (κ2) is 8.29. The molecular formula is C19H24FNO5. The molecule has 1 heterocycles. The van der Waals surface area contributed by atoms with Crippen molar-refractivity contribution in [1.29, 1.82) is 0 Å². The van der Waals surface area contributed by atoms with E-state index in [2.05, 4.69) is 0 Å². The third kappa shape index (κ3) is 5.82. The van der Waals surface area contributed by atoms with Crippen molar-refractivity contribution in [3.63, 3.8) is 0 Å². The molecule has 0 saturated carbocycles. The number of benzene rings is 1. The third-order valence-electron chi connectivity index (χ3n) is 3.94. The van der Waals surface area contributed by atoms with E-state index in [1.54, 1.807) is 20.8 Å². The van der Waals surface area contributed by atoms with E-state index in [1.165, 1.54) is 29.2 Å². The van der Waals surface area contributed by atoms with Crippen LogP contribution in [0, 0.1) is 5.82 Å². The maximum atomic E-state index is 12.9. The molecule has 1 aromatic carbocycles. The zero-order chi connectivity index (χ0) is 19.3. The smallest absolute Gasteiger partial charge is 0.410 e. The minimum Gasteiger partial charge on any atom is -0.457 e. The first-order valence-corrected chi connectivity index (χ1v) is 8.60. The molecule has 1 aliphatic heterocycles. The summed E-state index contributed by atoms with van der Waals surface area (Å²) in [6.45, 7) is 5.47. The summed E-state index contributed by atoms with van der Waals surface area (Å²) in [5, 5.41) is 0.